The van der Waals surface area contributed by atoms with Crippen LogP contribution in [0.4, 0.5) is 0 Å². The number of carbonyl (C=O) groups excluding carboxylic acids is 2. The summed E-state index contributed by atoms with van der Waals surface area (Å²) in [5, 5.41) is 0. The summed E-state index contributed by atoms with van der Waals surface area (Å²) >= 11 is 10.7. The highest BCUT2D eigenvalue weighted by Crippen LogP contribution is 2.06. The van der Waals surface area contributed by atoms with Gasteiger partial charge in [0.2, 0.25) is 5.91 Å². The molecule has 0 fully saturated rings. The van der Waals surface area contributed by atoms with E-state index in [1.165, 1.54) is 6.08 Å². The number of nitrogens with two attached hydrogens (primary N) is 1. The fourth-order valence-corrected chi connectivity index (χ4v) is 0.990. The molecule has 74 valence electrons. The van der Waals surface area contributed by atoms with Crippen LogP contribution in [0.2, 0.25) is 0 Å². The maximum atomic E-state index is 11.2. The first-order valence-corrected chi connectivity index (χ1v) is 4.32. The van der Waals surface area contributed by atoms with Crippen LogP contribution in [0.3, 0.4) is 0 Å². The lowest BCUT2D eigenvalue weighted by molar-refractivity contribution is -0.133. The van der Waals surface area contributed by atoms with Crippen molar-refractivity contribution in [1.82, 2.24) is 4.90 Å². The number of rotatable bonds is 5. The molecule has 6 heteroatoms. The molecule has 0 saturated heterocycles. The lowest BCUT2D eigenvalue weighted by Crippen LogP contribution is -2.41. The minimum atomic E-state index is -1.18. The summed E-state index contributed by atoms with van der Waals surface area (Å²) in [4.78, 5) is 21.6. The summed E-state index contributed by atoms with van der Waals surface area (Å²) in [6, 6.07) is 0. The van der Waals surface area contributed by atoms with E-state index in [0.29, 0.717) is 0 Å². The van der Waals surface area contributed by atoms with Gasteiger partial charge >= 0.3 is 0 Å². The van der Waals surface area contributed by atoms with Crippen molar-refractivity contribution in [2.24, 2.45) is 5.73 Å². The van der Waals surface area contributed by atoms with Crippen molar-refractivity contribution < 1.29 is 9.59 Å². The molecule has 0 spiro atoms. The van der Waals surface area contributed by atoms with E-state index < -0.39 is 16.7 Å². The molecule has 0 radical (unpaired) electrons. The number of carbonyl (C=O) groups is 2. The number of primary amides is 1. The molecular weight excluding hydrogens is 215 g/mol. The molecule has 0 aliphatic carbocycles. The molecule has 0 saturated carbocycles. The fraction of sp³-hybridized carbons (Fsp3) is 0.429. The summed E-state index contributed by atoms with van der Waals surface area (Å²) in [5.41, 5.74) is 4.91. The van der Waals surface area contributed by atoms with Gasteiger partial charge in [-0.2, -0.15) is 0 Å². The standard InChI is InChI=1S/C7H10Cl2N2O2/c1-2-3-11(4-5(10)12)7(13)6(8)9/h2,6H,1,3-4H2,(H2,10,12). The Labute approximate surface area is 86.3 Å². The van der Waals surface area contributed by atoms with Gasteiger partial charge in [0.15, 0.2) is 4.84 Å². The van der Waals surface area contributed by atoms with Crippen LogP contribution >= 0.6 is 23.2 Å². The number of alkyl halides is 2. The van der Waals surface area contributed by atoms with E-state index in [1.807, 2.05) is 0 Å². The van der Waals surface area contributed by atoms with Crippen LogP contribution in [-0.4, -0.2) is 34.6 Å². The van der Waals surface area contributed by atoms with Gasteiger partial charge in [-0.3, -0.25) is 9.59 Å². The average Bonchev–Trinajstić information content (AvgIpc) is 2.01. The zero-order valence-corrected chi connectivity index (χ0v) is 8.38. The molecule has 2 N–H and O–H groups in total. The highest BCUT2D eigenvalue weighted by molar-refractivity contribution is 6.53. The molecule has 13 heavy (non-hydrogen) atoms. The maximum Gasteiger partial charge on any atom is 0.256 e. The summed E-state index contributed by atoms with van der Waals surface area (Å²) in [6.07, 6.45) is 1.46. The summed E-state index contributed by atoms with van der Waals surface area (Å²) in [5.74, 6) is -1.17. The predicted octanol–water partition coefficient (Wildman–Crippen LogP) is 0.290. The Morgan fingerprint density at radius 2 is 2.08 bits per heavy atom. The number of nitrogens with zero attached hydrogens (tertiary/aromatic N) is 1. The zero-order chi connectivity index (χ0) is 10.4. The molecule has 0 heterocycles. The SMILES string of the molecule is C=CCN(CC(N)=O)C(=O)C(Cl)Cl. The van der Waals surface area contributed by atoms with E-state index in [4.69, 9.17) is 28.9 Å². The van der Waals surface area contributed by atoms with E-state index >= 15 is 0 Å². The Balaban J connectivity index is 4.31. The van der Waals surface area contributed by atoms with E-state index in [0.717, 1.165) is 4.90 Å². The first kappa shape index (κ1) is 12.3. The number of halogens is 2. The molecule has 0 unspecified atom stereocenters. The molecule has 0 atom stereocenters. The molecule has 0 aliphatic rings. The number of hydrogen-bond donors (Lipinski definition) is 1. The van der Waals surface area contributed by atoms with Gasteiger partial charge < -0.3 is 10.6 Å². The van der Waals surface area contributed by atoms with Crippen molar-refractivity contribution in [3.63, 3.8) is 0 Å². The van der Waals surface area contributed by atoms with Crippen molar-refractivity contribution in [3.05, 3.63) is 12.7 Å². The summed E-state index contributed by atoms with van der Waals surface area (Å²) in [6.45, 7) is 3.40. The highest BCUT2D eigenvalue weighted by atomic mass is 35.5. The Hall–Kier alpha value is -0.740. The first-order valence-electron chi connectivity index (χ1n) is 3.45. The molecule has 4 nitrogen and oxygen atoms in total. The Morgan fingerprint density at radius 3 is 2.38 bits per heavy atom. The third-order valence-electron chi connectivity index (χ3n) is 1.19. The largest absolute Gasteiger partial charge is 0.368 e. The van der Waals surface area contributed by atoms with Gasteiger partial charge in [0.05, 0.1) is 6.54 Å². The van der Waals surface area contributed by atoms with Gasteiger partial charge in [-0.05, 0) is 0 Å². The quantitative estimate of drug-likeness (QED) is 0.539. The predicted molar refractivity (Wildman–Crippen MR) is 51.5 cm³/mol. The van der Waals surface area contributed by atoms with Crippen LogP contribution in [0.1, 0.15) is 0 Å². The second kappa shape index (κ2) is 5.83. The average molecular weight is 225 g/mol. The van der Waals surface area contributed by atoms with Crippen molar-refractivity contribution in [1.29, 1.82) is 0 Å². The summed E-state index contributed by atoms with van der Waals surface area (Å²) in [7, 11) is 0. The summed E-state index contributed by atoms with van der Waals surface area (Å²) < 4.78 is 0. The normalized spacial score (nSPS) is 9.77. The van der Waals surface area contributed by atoms with Crippen LogP contribution in [0, 0.1) is 0 Å². The van der Waals surface area contributed by atoms with Crippen LogP contribution < -0.4 is 5.73 Å². The van der Waals surface area contributed by atoms with Crippen molar-refractivity contribution >= 4 is 35.0 Å². The van der Waals surface area contributed by atoms with Gasteiger partial charge in [-0.25, -0.2) is 0 Å². The number of amides is 2. The molecule has 2 amide bonds. The molecule has 0 aromatic rings. The lowest BCUT2D eigenvalue weighted by atomic mass is 10.4. The van der Waals surface area contributed by atoms with Gasteiger partial charge in [0, 0.05) is 6.54 Å². The molecule has 0 aromatic carbocycles. The second-order valence-corrected chi connectivity index (χ2v) is 3.37. The van der Waals surface area contributed by atoms with Gasteiger partial charge in [0.1, 0.15) is 0 Å². The maximum absolute atomic E-state index is 11.2. The number of hydrogen-bond acceptors (Lipinski definition) is 2. The molecule has 0 rings (SSSR count). The Morgan fingerprint density at radius 1 is 1.54 bits per heavy atom. The lowest BCUT2D eigenvalue weighted by Gasteiger charge is -2.19. The van der Waals surface area contributed by atoms with E-state index in [-0.39, 0.29) is 13.1 Å². The minimum absolute atomic E-state index is 0.192. The van der Waals surface area contributed by atoms with Crippen molar-refractivity contribution in [2.45, 2.75) is 4.84 Å². The van der Waals surface area contributed by atoms with Crippen molar-refractivity contribution in [2.75, 3.05) is 13.1 Å². The van der Waals surface area contributed by atoms with E-state index in [2.05, 4.69) is 6.58 Å². The smallest absolute Gasteiger partial charge is 0.256 e. The van der Waals surface area contributed by atoms with Crippen molar-refractivity contribution in [3.8, 4) is 0 Å². The third kappa shape index (κ3) is 4.75. The molecule has 0 aliphatic heterocycles. The third-order valence-corrected chi connectivity index (χ3v) is 1.57. The van der Waals surface area contributed by atoms with E-state index in [9.17, 15) is 9.59 Å². The fourth-order valence-electron chi connectivity index (χ4n) is 0.714. The first-order chi connectivity index (χ1) is 5.99. The molecular formula is C7H10Cl2N2O2. The van der Waals surface area contributed by atoms with E-state index in [1.54, 1.807) is 0 Å². The molecule has 0 aromatic heterocycles. The zero-order valence-electron chi connectivity index (χ0n) is 6.87. The van der Waals surface area contributed by atoms with Crippen LogP contribution in [0.15, 0.2) is 12.7 Å². The van der Waals surface area contributed by atoms with Gasteiger partial charge in [-0.15, -0.1) is 6.58 Å². The van der Waals surface area contributed by atoms with Gasteiger partial charge in [0.25, 0.3) is 5.91 Å². The van der Waals surface area contributed by atoms with Crippen LogP contribution in [0.25, 0.3) is 0 Å². The second-order valence-electron chi connectivity index (χ2n) is 2.27. The van der Waals surface area contributed by atoms with Gasteiger partial charge in [-0.1, -0.05) is 29.3 Å². The molecule has 0 bridgehead atoms. The highest BCUT2D eigenvalue weighted by Gasteiger charge is 2.20. The van der Waals surface area contributed by atoms with Crippen LogP contribution in [-0.2, 0) is 9.59 Å². The topological polar surface area (TPSA) is 63.4 Å². The minimum Gasteiger partial charge on any atom is -0.368 e. The van der Waals surface area contributed by atoms with Crippen LogP contribution in [0.5, 0.6) is 0 Å². The Kier molecular flexibility index (Phi) is 5.50. The monoisotopic (exact) mass is 224 g/mol. The Bertz CT molecular complexity index is 219.